The van der Waals surface area contributed by atoms with Crippen LogP contribution in [0.2, 0.25) is 0 Å². The first kappa shape index (κ1) is 11.9. The van der Waals surface area contributed by atoms with Crippen LogP contribution in [-0.2, 0) is 10.2 Å². The molecule has 0 aromatic carbocycles. The summed E-state index contributed by atoms with van der Waals surface area (Å²) in [5.74, 6) is 0. The molecule has 1 rings (SSSR count). The third kappa shape index (κ3) is 3.20. The number of aliphatic hydroxyl groups excluding tert-OH is 1. The van der Waals surface area contributed by atoms with Crippen molar-refractivity contribution in [2.24, 2.45) is 0 Å². The molecule has 0 aliphatic heterocycles. The highest BCUT2D eigenvalue weighted by molar-refractivity contribution is 7.87. The van der Waals surface area contributed by atoms with Crippen molar-refractivity contribution in [3.63, 3.8) is 0 Å². The van der Waals surface area contributed by atoms with Crippen LogP contribution in [0.25, 0.3) is 0 Å². The van der Waals surface area contributed by atoms with Gasteiger partial charge in [-0.1, -0.05) is 6.92 Å². The third-order valence-corrected chi connectivity index (χ3v) is 3.78. The Morgan fingerprint density at radius 1 is 1.50 bits per heavy atom. The summed E-state index contributed by atoms with van der Waals surface area (Å²) in [6.07, 6.45) is 2.59. The van der Waals surface area contributed by atoms with Crippen molar-refractivity contribution < 1.29 is 13.5 Å². The topological polar surface area (TPSA) is 69.6 Å². The van der Waals surface area contributed by atoms with E-state index in [4.69, 9.17) is 5.11 Å². The van der Waals surface area contributed by atoms with E-state index >= 15 is 0 Å². The molecule has 1 fully saturated rings. The molecule has 0 radical (unpaired) electrons. The van der Waals surface area contributed by atoms with Crippen LogP contribution in [0.1, 0.15) is 26.2 Å². The van der Waals surface area contributed by atoms with Gasteiger partial charge < -0.3 is 5.11 Å². The Kier molecular flexibility index (Phi) is 4.31. The van der Waals surface area contributed by atoms with Crippen molar-refractivity contribution in [2.75, 3.05) is 19.7 Å². The van der Waals surface area contributed by atoms with Crippen molar-refractivity contribution in [3.8, 4) is 0 Å². The first-order chi connectivity index (χ1) is 6.61. The fraction of sp³-hybridized carbons (Fsp3) is 1.00. The Morgan fingerprint density at radius 2 is 2.14 bits per heavy atom. The lowest BCUT2D eigenvalue weighted by atomic mass is 10.5. The van der Waals surface area contributed by atoms with E-state index in [2.05, 4.69) is 4.72 Å². The summed E-state index contributed by atoms with van der Waals surface area (Å²) in [6, 6.07) is 0.108. The minimum Gasteiger partial charge on any atom is -0.395 e. The Hall–Kier alpha value is -0.170. The Balaban J connectivity index is 2.55. The number of rotatable bonds is 7. The Labute approximate surface area is 85.3 Å². The molecular weight excluding hydrogens is 204 g/mol. The van der Waals surface area contributed by atoms with Crippen LogP contribution in [0.4, 0.5) is 0 Å². The summed E-state index contributed by atoms with van der Waals surface area (Å²) in [5, 5.41) is 8.77. The van der Waals surface area contributed by atoms with Gasteiger partial charge in [0.25, 0.3) is 10.2 Å². The van der Waals surface area contributed by atoms with Crippen molar-refractivity contribution in [2.45, 2.75) is 32.2 Å². The van der Waals surface area contributed by atoms with Gasteiger partial charge in [0.1, 0.15) is 0 Å². The normalized spacial score (nSPS) is 17.6. The summed E-state index contributed by atoms with van der Waals surface area (Å²) in [7, 11) is -3.36. The number of nitrogens with one attached hydrogen (secondary N) is 1. The van der Waals surface area contributed by atoms with Crippen LogP contribution in [0.15, 0.2) is 0 Å². The van der Waals surface area contributed by atoms with Gasteiger partial charge in [0.2, 0.25) is 0 Å². The van der Waals surface area contributed by atoms with Gasteiger partial charge in [-0.15, -0.1) is 0 Å². The predicted octanol–water partition coefficient (Wildman–Crippen LogP) is -0.313. The molecule has 0 amide bonds. The first-order valence-electron chi connectivity index (χ1n) is 4.99. The van der Waals surface area contributed by atoms with Crippen molar-refractivity contribution in [1.82, 2.24) is 9.03 Å². The van der Waals surface area contributed by atoms with Gasteiger partial charge in [-0.25, -0.2) is 4.72 Å². The van der Waals surface area contributed by atoms with Gasteiger partial charge in [-0.2, -0.15) is 12.7 Å². The second kappa shape index (κ2) is 5.06. The Bertz CT molecular complexity index is 262. The van der Waals surface area contributed by atoms with E-state index in [9.17, 15) is 8.42 Å². The molecule has 0 bridgehead atoms. The zero-order chi connectivity index (χ0) is 10.6. The van der Waals surface area contributed by atoms with Crippen molar-refractivity contribution >= 4 is 10.2 Å². The molecule has 6 heteroatoms. The van der Waals surface area contributed by atoms with E-state index in [1.807, 2.05) is 6.92 Å². The zero-order valence-corrected chi connectivity index (χ0v) is 9.26. The van der Waals surface area contributed by atoms with Gasteiger partial charge in [-0.3, -0.25) is 0 Å². The molecule has 0 heterocycles. The SMILES string of the molecule is CCCNS(=O)(=O)N(CCO)C1CC1. The monoisotopic (exact) mass is 222 g/mol. The average molecular weight is 222 g/mol. The molecule has 14 heavy (non-hydrogen) atoms. The smallest absolute Gasteiger partial charge is 0.279 e. The number of aliphatic hydroxyl groups is 1. The second-order valence-electron chi connectivity index (χ2n) is 3.46. The lowest BCUT2D eigenvalue weighted by molar-refractivity contribution is 0.249. The summed E-state index contributed by atoms with van der Waals surface area (Å²) < 4.78 is 27.2. The maximum absolute atomic E-state index is 11.7. The summed E-state index contributed by atoms with van der Waals surface area (Å²) in [4.78, 5) is 0. The third-order valence-electron chi connectivity index (χ3n) is 2.12. The molecule has 84 valence electrons. The fourth-order valence-corrected chi connectivity index (χ4v) is 2.83. The highest BCUT2D eigenvalue weighted by Gasteiger charge is 2.36. The first-order valence-corrected chi connectivity index (χ1v) is 6.43. The van der Waals surface area contributed by atoms with E-state index < -0.39 is 10.2 Å². The number of nitrogens with zero attached hydrogens (tertiary/aromatic N) is 1. The summed E-state index contributed by atoms with van der Waals surface area (Å²) >= 11 is 0. The molecule has 0 aromatic heterocycles. The minimum absolute atomic E-state index is 0.108. The van der Waals surface area contributed by atoms with Crippen LogP contribution in [0.5, 0.6) is 0 Å². The van der Waals surface area contributed by atoms with Crippen LogP contribution >= 0.6 is 0 Å². The van der Waals surface area contributed by atoms with Gasteiger partial charge in [-0.05, 0) is 19.3 Å². The predicted molar refractivity (Wildman–Crippen MR) is 54.0 cm³/mol. The highest BCUT2D eigenvalue weighted by Crippen LogP contribution is 2.28. The molecule has 1 saturated carbocycles. The standard InChI is InChI=1S/C8H18N2O3S/c1-2-5-9-14(12,13)10(6-7-11)8-3-4-8/h8-9,11H,2-7H2,1H3. The molecule has 5 nitrogen and oxygen atoms in total. The van der Waals surface area contributed by atoms with E-state index in [0.29, 0.717) is 6.54 Å². The van der Waals surface area contributed by atoms with Gasteiger partial charge >= 0.3 is 0 Å². The van der Waals surface area contributed by atoms with Gasteiger partial charge in [0, 0.05) is 19.1 Å². The van der Waals surface area contributed by atoms with Crippen molar-refractivity contribution in [1.29, 1.82) is 0 Å². The average Bonchev–Trinajstić information content (AvgIpc) is 2.94. The molecule has 0 spiro atoms. The summed E-state index contributed by atoms with van der Waals surface area (Å²) in [6.45, 7) is 2.44. The lowest BCUT2D eigenvalue weighted by Gasteiger charge is -2.20. The maximum Gasteiger partial charge on any atom is 0.279 e. The molecule has 0 unspecified atom stereocenters. The molecule has 0 aromatic rings. The molecule has 0 atom stereocenters. The highest BCUT2D eigenvalue weighted by atomic mass is 32.2. The van der Waals surface area contributed by atoms with E-state index in [0.717, 1.165) is 19.3 Å². The molecular formula is C8H18N2O3S. The Morgan fingerprint density at radius 3 is 2.57 bits per heavy atom. The molecule has 2 N–H and O–H groups in total. The van der Waals surface area contributed by atoms with Crippen LogP contribution in [0.3, 0.4) is 0 Å². The van der Waals surface area contributed by atoms with E-state index in [-0.39, 0.29) is 19.2 Å². The zero-order valence-electron chi connectivity index (χ0n) is 8.44. The van der Waals surface area contributed by atoms with Crippen molar-refractivity contribution in [3.05, 3.63) is 0 Å². The largest absolute Gasteiger partial charge is 0.395 e. The fourth-order valence-electron chi connectivity index (χ4n) is 1.27. The lowest BCUT2D eigenvalue weighted by Crippen LogP contribution is -2.43. The second-order valence-corrected chi connectivity index (χ2v) is 5.17. The minimum atomic E-state index is -3.36. The molecule has 1 aliphatic carbocycles. The van der Waals surface area contributed by atoms with Gasteiger partial charge in [0.05, 0.1) is 6.61 Å². The number of hydrogen-bond donors (Lipinski definition) is 2. The number of hydrogen-bond acceptors (Lipinski definition) is 3. The van der Waals surface area contributed by atoms with Crippen LogP contribution < -0.4 is 4.72 Å². The van der Waals surface area contributed by atoms with Crippen LogP contribution in [0, 0.1) is 0 Å². The maximum atomic E-state index is 11.7. The molecule has 1 aliphatic rings. The molecule has 0 saturated heterocycles. The van der Waals surface area contributed by atoms with Gasteiger partial charge in [0.15, 0.2) is 0 Å². The van der Waals surface area contributed by atoms with Crippen LogP contribution in [-0.4, -0.2) is 43.6 Å². The quantitative estimate of drug-likeness (QED) is 0.620. The summed E-state index contributed by atoms with van der Waals surface area (Å²) in [5.41, 5.74) is 0. The van der Waals surface area contributed by atoms with E-state index in [1.165, 1.54) is 4.31 Å². The van der Waals surface area contributed by atoms with E-state index in [1.54, 1.807) is 0 Å².